The Labute approximate surface area is 113 Å². The molecule has 0 spiro atoms. The molecule has 7 heteroatoms. The Balaban J connectivity index is 1.72. The standard InChI is InChI=1S/C12H12N4O2S/c17-12(18)9-5-19-10(16-9)4-13-11-7-2-1-3-8(7)14-6-15-11/h5-6H,1-4H2,(H,17,18)(H,13,14,15). The van der Waals surface area contributed by atoms with Crippen LogP contribution in [0.4, 0.5) is 5.82 Å². The monoisotopic (exact) mass is 276 g/mol. The molecule has 0 unspecified atom stereocenters. The summed E-state index contributed by atoms with van der Waals surface area (Å²) >= 11 is 1.33. The van der Waals surface area contributed by atoms with Gasteiger partial charge in [-0.05, 0) is 19.3 Å². The van der Waals surface area contributed by atoms with E-state index in [2.05, 4.69) is 20.3 Å². The van der Waals surface area contributed by atoms with Crippen LogP contribution in [0.25, 0.3) is 0 Å². The van der Waals surface area contributed by atoms with Gasteiger partial charge in [0.15, 0.2) is 5.69 Å². The second-order valence-electron chi connectivity index (χ2n) is 4.29. The van der Waals surface area contributed by atoms with Crippen LogP contribution in [0.5, 0.6) is 0 Å². The van der Waals surface area contributed by atoms with E-state index in [4.69, 9.17) is 5.11 Å². The van der Waals surface area contributed by atoms with Gasteiger partial charge in [-0.25, -0.2) is 19.7 Å². The Bertz CT molecular complexity index is 626. The lowest BCUT2D eigenvalue weighted by Crippen LogP contribution is -2.06. The highest BCUT2D eigenvalue weighted by molar-refractivity contribution is 7.09. The van der Waals surface area contributed by atoms with Gasteiger partial charge in [0, 0.05) is 16.6 Å². The summed E-state index contributed by atoms with van der Waals surface area (Å²) in [6.45, 7) is 0.487. The second-order valence-corrected chi connectivity index (χ2v) is 5.23. The summed E-state index contributed by atoms with van der Waals surface area (Å²) in [6.07, 6.45) is 4.68. The van der Waals surface area contributed by atoms with Crippen molar-refractivity contribution < 1.29 is 9.90 Å². The summed E-state index contributed by atoms with van der Waals surface area (Å²) in [5.41, 5.74) is 2.38. The van der Waals surface area contributed by atoms with Gasteiger partial charge in [0.25, 0.3) is 0 Å². The molecule has 6 nitrogen and oxygen atoms in total. The first kappa shape index (κ1) is 12.0. The van der Waals surface area contributed by atoms with Gasteiger partial charge < -0.3 is 10.4 Å². The average Bonchev–Trinajstić information content (AvgIpc) is 3.05. The molecule has 0 bridgehead atoms. The highest BCUT2D eigenvalue weighted by atomic mass is 32.1. The summed E-state index contributed by atoms with van der Waals surface area (Å²) in [5.74, 6) is -0.153. The first-order chi connectivity index (χ1) is 9.24. The van der Waals surface area contributed by atoms with Crippen LogP contribution in [0.1, 0.15) is 33.2 Å². The zero-order valence-electron chi connectivity index (χ0n) is 10.1. The van der Waals surface area contributed by atoms with Gasteiger partial charge in [-0.2, -0.15) is 0 Å². The number of fused-ring (bicyclic) bond motifs is 1. The maximum absolute atomic E-state index is 10.7. The van der Waals surface area contributed by atoms with Crippen molar-refractivity contribution in [2.45, 2.75) is 25.8 Å². The quantitative estimate of drug-likeness (QED) is 0.884. The lowest BCUT2D eigenvalue weighted by Gasteiger charge is -2.07. The number of anilines is 1. The van der Waals surface area contributed by atoms with Crippen LogP contribution < -0.4 is 5.32 Å². The predicted molar refractivity (Wildman–Crippen MR) is 70.5 cm³/mol. The van der Waals surface area contributed by atoms with Crippen LogP contribution in [-0.2, 0) is 19.4 Å². The molecule has 1 aliphatic carbocycles. The molecule has 2 aromatic heterocycles. The highest BCUT2D eigenvalue weighted by Crippen LogP contribution is 2.25. The van der Waals surface area contributed by atoms with Crippen molar-refractivity contribution in [3.05, 3.63) is 33.7 Å². The molecule has 2 heterocycles. The van der Waals surface area contributed by atoms with E-state index in [9.17, 15) is 4.79 Å². The largest absolute Gasteiger partial charge is 0.476 e. The molecule has 98 valence electrons. The zero-order valence-corrected chi connectivity index (χ0v) is 10.9. The van der Waals surface area contributed by atoms with Gasteiger partial charge in [0.2, 0.25) is 0 Å². The van der Waals surface area contributed by atoms with Gasteiger partial charge >= 0.3 is 5.97 Å². The molecule has 3 rings (SSSR count). The Morgan fingerprint density at radius 3 is 3.11 bits per heavy atom. The third kappa shape index (κ3) is 2.41. The number of thiazole rings is 1. The minimum Gasteiger partial charge on any atom is -0.476 e. The Kier molecular flexibility index (Phi) is 3.12. The van der Waals surface area contributed by atoms with Crippen LogP contribution in [0.2, 0.25) is 0 Å². The number of nitrogens with zero attached hydrogens (tertiary/aromatic N) is 3. The Hall–Kier alpha value is -2.02. The van der Waals surface area contributed by atoms with Crippen molar-refractivity contribution >= 4 is 23.1 Å². The Morgan fingerprint density at radius 2 is 2.32 bits per heavy atom. The van der Waals surface area contributed by atoms with Gasteiger partial charge in [-0.1, -0.05) is 0 Å². The number of aromatic nitrogens is 3. The smallest absolute Gasteiger partial charge is 0.355 e. The lowest BCUT2D eigenvalue weighted by molar-refractivity contribution is 0.0691. The molecule has 0 saturated heterocycles. The van der Waals surface area contributed by atoms with Crippen molar-refractivity contribution in [3.8, 4) is 0 Å². The van der Waals surface area contributed by atoms with Crippen molar-refractivity contribution in [1.29, 1.82) is 0 Å². The van der Waals surface area contributed by atoms with Crippen molar-refractivity contribution in [3.63, 3.8) is 0 Å². The third-order valence-electron chi connectivity index (χ3n) is 3.05. The van der Waals surface area contributed by atoms with Crippen LogP contribution in [0.3, 0.4) is 0 Å². The minimum absolute atomic E-state index is 0.0923. The maximum atomic E-state index is 10.7. The van der Waals surface area contributed by atoms with E-state index in [1.54, 1.807) is 11.7 Å². The van der Waals surface area contributed by atoms with Crippen LogP contribution in [0.15, 0.2) is 11.7 Å². The molecular formula is C12H12N4O2S. The summed E-state index contributed by atoms with van der Waals surface area (Å²) in [4.78, 5) is 23.3. The third-order valence-corrected chi connectivity index (χ3v) is 3.90. The zero-order chi connectivity index (χ0) is 13.2. The molecule has 2 N–H and O–H groups in total. The van der Waals surface area contributed by atoms with E-state index >= 15 is 0 Å². The fourth-order valence-electron chi connectivity index (χ4n) is 2.16. The van der Waals surface area contributed by atoms with Crippen molar-refractivity contribution in [1.82, 2.24) is 15.0 Å². The summed E-state index contributed by atoms with van der Waals surface area (Å²) in [5, 5.41) is 14.3. The van der Waals surface area contributed by atoms with Gasteiger partial charge in [0.1, 0.15) is 17.2 Å². The van der Waals surface area contributed by atoms with Crippen molar-refractivity contribution in [2.75, 3.05) is 5.32 Å². The Morgan fingerprint density at radius 1 is 1.42 bits per heavy atom. The fraction of sp³-hybridized carbons (Fsp3) is 0.333. The highest BCUT2D eigenvalue weighted by Gasteiger charge is 2.17. The molecule has 0 saturated carbocycles. The number of nitrogens with one attached hydrogen (secondary N) is 1. The van der Waals surface area contributed by atoms with Gasteiger partial charge in [0.05, 0.1) is 6.54 Å². The number of aromatic carboxylic acids is 1. The van der Waals surface area contributed by atoms with E-state index in [-0.39, 0.29) is 5.69 Å². The fourth-order valence-corrected chi connectivity index (χ4v) is 2.87. The molecule has 19 heavy (non-hydrogen) atoms. The molecule has 1 aliphatic rings. The number of aryl methyl sites for hydroxylation is 1. The topological polar surface area (TPSA) is 88.0 Å². The number of hydrogen-bond acceptors (Lipinski definition) is 6. The van der Waals surface area contributed by atoms with E-state index in [0.717, 1.165) is 35.8 Å². The molecule has 2 aromatic rings. The summed E-state index contributed by atoms with van der Waals surface area (Å²) in [7, 11) is 0. The molecular weight excluding hydrogens is 264 g/mol. The SMILES string of the molecule is O=C(O)c1csc(CNc2ncnc3c2CCC3)n1. The van der Waals surface area contributed by atoms with Crippen molar-refractivity contribution in [2.24, 2.45) is 0 Å². The number of carbonyl (C=O) groups is 1. The van der Waals surface area contributed by atoms with Gasteiger partial charge in [-0.3, -0.25) is 0 Å². The predicted octanol–water partition coefficient (Wildman–Crippen LogP) is 1.73. The number of carboxylic acid groups (broad SMARTS) is 1. The molecule has 0 aliphatic heterocycles. The number of rotatable bonds is 4. The molecule has 0 atom stereocenters. The molecule has 0 amide bonds. The maximum Gasteiger partial charge on any atom is 0.355 e. The van der Waals surface area contributed by atoms with E-state index in [0.29, 0.717) is 6.54 Å². The normalized spacial score (nSPS) is 13.3. The lowest BCUT2D eigenvalue weighted by atomic mass is 10.2. The van der Waals surface area contributed by atoms with Crippen LogP contribution in [-0.4, -0.2) is 26.0 Å². The summed E-state index contributed by atoms with van der Waals surface area (Å²) in [6, 6.07) is 0. The molecule has 0 aromatic carbocycles. The number of hydrogen-bond donors (Lipinski definition) is 2. The average molecular weight is 276 g/mol. The van der Waals surface area contributed by atoms with Crippen LogP contribution >= 0.6 is 11.3 Å². The first-order valence-corrected chi connectivity index (χ1v) is 6.86. The molecule has 0 radical (unpaired) electrons. The van der Waals surface area contributed by atoms with Crippen LogP contribution in [0, 0.1) is 0 Å². The van der Waals surface area contributed by atoms with E-state index < -0.39 is 5.97 Å². The number of carboxylic acids is 1. The second kappa shape index (κ2) is 4.93. The minimum atomic E-state index is -0.995. The summed E-state index contributed by atoms with van der Waals surface area (Å²) < 4.78 is 0. The van der Waals surface area contributed by atoms with Gasteiger partial charge in [-0.15, -0.1) is 11.3 Å². The van der Waals surface area contributed by atoms with E-state index in [1.807, 2.05) is 0 Å². The van der Waals surface area contributed by atoms with E-state index in [1.165, 1.54) is 16.9 Å². The molecule has 0 fully saturated rings. The first-order valence-electron chi connectivity index (χ1n) is 5.98.